The van der Waals surface area contributed by atoms with E-state index in [4.69, 9.17) is 0 Å². The Morgan fingerprint density at radius 3 is 0.952 bits per heavy atom. The Hall–Kier alpha value is -7.45. The zero-order chi connectivity index (χ0) is 40.8. The van der Waals surface area contributed by atoms with E-state index in [9.17, 15) is 0 Å². The van der Waals surface area contributed by atoms with Crippen LogP contribution in [0.4, 0.5) is 0 Å². The fraction of sp³-hybridized carbons (Fsp3) is 0.0164. The summed E-state index contributed by atoms with van der Waals surface area (Å²) in [6.45, 7) is 0. The minimum atomic E-state index is -0.684. The fourth-order valence-electron chi connectivity index (χ4n) is 11.1. The molecule has 0 saturated carbocycles. The molecule has 1 aliphatic rings. The Kier molecular flexibility index (Phi) is 7.86. The van der Waals surface area contributed by atoms with E-state index in [1.54, 1.807) is 0 Å². The van der Waals surface area contributed by atoms with Gasteiger partial charge in [-0.15, -0.1) is 0 Å². The second-order valence-electron chi connectivity index (χ2n) is 16.6. The molecule has 0 bridgehead atoms. The fourth-order valence-corrected chi connectivity index (χ4v) is 12.6. The minimum absolute atomic E-state index is 0.684. The van der Waals surface area contributed by atoms with Gasteiger partial charge in [0.05, 0.1) is 5.41 Å². The Morgan fingerprint density at radius 2 is 0.516 bits per heavy atom. The van der Waals surface area contributed by atoms with Gasteiger partial charge in [-0.05, 0) is 109 Å². The highest BCUT2D eigenvalue weighted by Gasteiger charge is 2.48. The lowest BCUT2D eigenvalue weighted by Gasteiger charge is -2.44. The van der Waals surface area contributed by atoms with Crippen molar-refractivity contribution < 1.29 is 0 Å². The molecule has 1 aliphatic heterocycles. The van der Waals surface area contributed by atoms with Gasteiger partial charge in [0, 0.05) is 9.79 Å². The number of hydrogen-bond acceptors (Lipinski definition) is 1. The van der Waals surface area contributed by atoms with Gasteiger partial charge in [-0.3, -0.25) is 0 Å². The zero-order valence-corrected chi connectivity index (χ0v) is 34.7. The van der Waals surface area contributed by atoms with E-state index in [1.807, 2.05) is 11.8 Å². The SMILES string of the molecule is c1ccc(-c2c(-c3ccc(C4(c5ccccc5)c5c(c6ccccc6c6ccccc56)Sc5c4c4ccccc4c4ccccc54)cc3)c3ccccc3c3ccccc23)cc1. The third-order valence-corrected chi connectivity index (χ3v) is 14.8. The first-order valence-electron chi connectivity index (χ1n) is 21.5. The summed E-state index contributed by atoms with van der Waals surface area (Å²) < 4.78 is 0. The summed E-state index contributed by atoms with van der Waals surface area (Å²) in [5.41, 5.74) is 9.49. The molecule has 13 rings (SSSR count). The molecule has 0 aliphatic carbocycles. The second-order valence-corrected chi connectivity index (χ2v) is 17.6. The summed E-state index contributed by atoms with van der Waals surface area (Å²) in [7, 11) is 0. The van der Waals surface area contributed by atoms with Crippen molar-refractivity contribution in [1.82, 2.24) is 0 Å². The third-order valence-electron chi connectivity index (χ3n) is 13.5. The summed E-state index contributed by atoms with van der Waals surface area (Å²) in [6, 6.07) is 86.3. The topological polar surface area (TPSA) is 0 Å². The van der Waals surface area contributed by atoms with Crippen LogP contribution in [-0.2, 0) is 5.41 Å². The molecule has 0 atom stereocenters. The second kappa shape index (κ2) is 13.8. The third kappa shape index (κ3) is 4.92. The average molecular weight is 803 g/mol. The van der Waals surface area contributed by atoms with E-state index in [0.29, 0.717) is 0 Å². The van der Waals surface area contributed by atoms with Gasteiger partial charge in [0.15, 0.2) is 0 Å². The predicted molar refractivity (Wildman–Crippen MR) is 265 cm³/mol. The number of hydrogen-bond donors (Lipinski definition) is 0. The van der Waals surface area contributed by atoms with Crippen LogP contribution in [0.15, 0.2) is 240 Å². The van der Waals surface area contributed by atoms with Crippen LogP contribution in [0.25, 0.3) is 86.9 Å². The van der Waals surface area contributed by atoms with Crippen molar-refractivity contribution in [2.45, 2.75) is 15.2 Å². The highest BCUT2D eigenvalue weighted by Crippen LogP contribution is 2.62. The van der Waals surface area contributed by atoms with E-state index in [-0.39, 0.29) is 0 Å². The normalized spacial score (nSPS) is 13.2. The van der Waals surface area contributed by atoms with Crippen molar-refractivity contribution in [3.05, 3.63) is 253 Å². The summed E-state index contributed by atoms with van der Waals surface area (Å²) in [4.78, 5) is 2.65. The summed E-state index contributed by atoms with van der Waals surface area (Å²) >= 11 is 1.96. The van der Waals surface area contributed by atoms with Gasteiger partial charge >= 0.3 is 0 Å². The molecule has 12 aromatic rings. The van der Waals surface area contributed by atoms with E-state index < -0.39 is 5.41 Å². The van der Waals surface area contributed by atoms with Crippen molar-refractivity contribution in [3.63, 3.8) is 0 Å². The lowest BCUT2D eigenvalue weighted by Crippen LogP contribution is -2.35. The Balaban J connectivity index is 1.21. The molecule has 12 aromatic carbocycles. The Labute approximate surface area is 364 Å². The van der Waals surface area contributed by atoms with Crippen LogP contribution in [0, 0.1) is 0 Å². The van der Waals surface area contributed by atoms with Crippen molar-refractivity contribution in [2.24, 2.45) is 0 Å². The van der Waals surface area contributed by atoms with Gasteiger partial charge in [0.1, 0.15) is 0 Å². The van der Waals surface area contributed by atoms with Crippen molar-refractivity contribution in [1.29, 1.82) is 0 Å². The van der Waals surface area contributed by atoms with Gasteiger partial charge in [0.25, 0.3) is 0 Å². The first-order chi connectivity index (χ1) is 30.8. The van der Waals surface area contributed by atoms with Gasteiger partial charge in [-0.25, -0.2) is 0 Å². The molecule has 0 amide bonds. The molecule has 1 heterocycles. The van der Waals surface area contributed by atoms with Crippen molar-refractivity contribution >= 4 is 76.4 Å². The summed E-state index contributed by atoms with van der Waals surface area (Å²) in [5, 5.41) is 15.4. The maximum atomic E-state index is 2.46. The average Bonchev–Trinajstić information content (AvgIpc) is 3.36. The van der Waals surface area contributed by atoms with Crippen molar-refractivity contribution in [3.8, 4) is 22.3 Å². The molecule has 0 spiro atoms. The highest BCUT2D eigenvalue weighted by molar-refractivity contribution is 8.00. The lowest BCUT2D eigenvalue weighted by atomic mass is 9.62. The first-order valence-corrected chi connectivity index (χ1v) is 22.3. The van der Waals surface area contributed by atoms with E-state index in [1.165, 1.54) is 119 Å². The van der Waals surface area contributed by atoms with Crippen LogP contribution in [0.1, 0.15) is 22.3 Å². The van der Waals surface area contributed by atoms with Crippen LogP contribution in [-0.4, -0.2) is 0 Å². The summed E-state index contributed by atoms with van der Waals surface area (Å²) in [6.07, 6.45) is 0. The number of fused-ring (bicyclic) bond motifs is 15. The first kappa shape index (κ1) is 35.3. The van der Waals surface area contributed by atoms with Gasteiger partial charge in [-0.1, -0.05) is 242 Å². The largest absolute Gasteiger partial charge is 0.0880 e. The number of benzene rings is 12. The monoisotopic (exact) mass is 802 g/mol. The van der Waals surface area contributed by atoms with Crippen LogP contribution in [0.3, 0.4) is 0 Å². The quantitative estimate of drug-likeness (QED) is 0.160. The van der Waals surface area contributed by atoms with E-state index in [0.717, 1.165) is 0 Å². The maximum Gasteiger partial charge on any atom is 0.0736 e. The van der Waals surface area contributed by atoms with Crippen molar-refractivity contribution in [2.75, 3.05) is 0 Å². The smallest absolute Gasteiger partial charge is 0.0736 e. The molecule has 0 radical (unpaired) electrons. The van der Waals surface area contributed by atoms with Gasteiger partial charge in [0.2, 0.25) is 0 Å². The molecule has 0 fully saturated rings. The molecule has 0 unspecified atom stereocenters. The highest BCUT2D eigenvalue weighted by atomic mass is 32.2. The van der Waals surface area contributed by atoms with Crippen LogP contribution in [0.5, 0.6) is 0 Å². The molecule has 0 saturated heterocycles. The molecule has 0 N–H and O–H groups in total. The molecule has 1 heteroatoms. The Bertz CT molecular complexity index is 3630. The minimum Gasteiger partial charge on any atom is -0.0880 e. The molecule has 0 nitrogen and oxygen atoms in total. The zero-order valence-electron chi connectivity index (χ0n) is 33.8. The van der Waals surface area contributed by atoms with E-state index in [2.05, 4.69) is 231 Å². The molecule has 62 heavy (non-hydrogen) atoms. The predicted octanol–water partition coefficient (Wildman–Crippen LogP) is 16.8. The van der Waals surface area contributed by atoms with Crippen LogP contribution in [0.2, 0.25) is 0 Å². The molecular formula is C61H38S. The molecule has 0 aromatic heterocycles. The molecular weight excluding hydrogens is 765 g/mol. The lowest BCUT2D eigenvalue weighted by molar-refractivity contribution is 0.724. The van der Waals surface area contributed by atoms with E-state index >= 15 is 0 Å². The summed E-state index contributed by atoms with van der Waals surface area (Å²) in [5.74, 6) is 0. The molecule has 288 valence electrons. The number of rotatable bonds is 4. The maximum absolute atomic E-state index is 2.46. The standard InChI is InChI=1S/C61H38S/c1-3-19-39(20-4-1)55-49-29-13-7-23-43(49)44-24-8-14-30-50(44)56(55)40-35-37-42(38-36-40)61(41-21-5-2-6-22-41)57-51-31-15-9-25-45(51)47-27-11-17-33-53(47)59(57)62-60-54-34-18-12-28-48(54)46-26-10-16-32-52(46)58(60)61/h1-38H. The Morgan fingerprint density at radius 1 is 0.226 bits per heavy atom. The van der Waals surface area contributed by atoms with Gasteiger partial charge < -0.3 is 0 Å². The van der Waals surface area contributed by atoms with Crippen LogP contribution >= 0.6 is 11.8 Å². The van der Waals surface area contributed by atoms with Crippen LogP contribution < -0.4 is 0 Å². The van der Waals surface area contributed by atoms with Gasteiger partial charge in [-0.2, -0.15) is 0 Å².